The molecule has 0 saturated carbocycles. The summed E-state index contributed by atoms with van der Waals surface area (Å²) in [6.07, 6.45) is 0. The molecule has 2 aromatic rings. The van der Waals surface area contributed by atoms with Crippen molar-refractivity contribution in [3.63, 3.8) is 0 Å². The summed E-state index contributed by atoms with van der Waals surface area (Å²) in [5, 5.41) is 0. The zero-order chi connectivity index (χ0) is 19.7. The number of methoxy groups -OCH3 is 1. The normalized spacial score (nSPS) is 13.5. The van der Waals surface area contributed by atoms with Crippen LogP contribution in [-0.2, 0) is 15.4 Å². The second-order valence-electron chi connectivity index (χ2n) is 7.73. The van der Waals surface area contributed by atoms with Crippen molar-refractivity contribution in [3.05, 3.63) is 58.7 Å². The van der Waals surface area contributed by atoms with Crippen LogP contribution in [-0.4, -0.2) is 15.5 Å². The van der Waals surface area contributed by atoms with E-state index in [4.69, 9.17) is 4.74 Å². The van der Waals surface area contributed by atoms with Gasteiger partial charge in [0.2, 0.25) is 10.0 Å². The lowest BCUT2D eigenvalue weighted by atomic mass is 9.86. The highest BCUT2D eigenvalue weighted by atomic mass is 32.2. The molecule has 0 heterocycles. The molecule has 0 unspecified atom stereocenters. The molecule has 0 aliphatic heterocycles. The van der Waals surface area contributed by atoms with Crippen LogP contribution in [0.1, 0.15) is 56.0 Å². The highest BCUT2D eigenvalue weighted by Gasteiger charge is 2.22. The summed E-state index contributed by atoms with van der Waals surface area (Å²) in [4.78, 5) is 0.286. The van der Waals surface area contributed by atoms with Crippen molar-refractivity contribution in [3.8, 4) is 5.75 Å². The van der Waals surface area contributed by atoms with Gasteiger partial charge in [-0.1, -0.05) is 45.0 Å². The summed E-state index contributed by atoms with van der Waals surface area (Å²) in [6.45, 7) is 12.0. The Labute approximate surface area is 157 Å². The van der Waals surface area contributed by atoms with Crippen LogP contribution in [0, 0.1) is 13.8 Å². The molecular weight excluding hydrogens is 346 g/mol. The first-order valence-electron chi connectivity index (χ1n) is 8.74. The van der Waals surface area contributed by atoms with Crippen molar-refractivity contribution < 1.29 is 13.2 Å². The molecule has 2 aromatic carbocycles. The molecule has 0 aliphatic rings. The third-order valence-electron chi connectivity index (χ3n) is 4.81. The van der Waals surface area contributed by atoms with E-state index in [-0.39, 0.29) is 16.4 Å². The molecule has 2 rings (SSSR count). The van der Waals surface area contributed by atoms with Gasteiger partial charge in [0, 0.05) is 6.04 Å². The van der Waals surface area contributed by atoms with Gasteiger partial charge in [0.25, 0.3) is 0 Å². The molecule has 0 spiro atoms. The maximum Gasteiger partial charge on any atom is 0.241 e. The standard InChI is InChI=1S/C21H29NO3S/c1-14-15(2)20(13-12-19(14)25-7)26(23,24)22-16(3)17-8-10-18(11-9-17)21(4,5)6/h8-13,16,22H,1-7H3/t16-/m0/s1. The Morgan fingerprint density at radius 3 is 2.04 bits per heavy atom. The van der Waals surface area contributed by atoms with E-state index >= 15 is 0 Å². The monoisotopic (exact) mass is 375 g/mol. The quantitative estimate of drug-likeness (QED) is 0.828. The van der Waals surface area contributed by atoms with Gasteiger partial charge < -0.3 is 4.74 Å². The Hall–Kier alpha value is -1.85. The fourth-order valence-electron chi connectivity index (χ4n) is 2.92. The number of benzene rings is 2. The average molecular weight is 376 g/mol. The van der Waals surface area contributed by atoms with Gasteiger partial charge in [-0.05, 0) is 60.6 Å². The topological polar surface area (TPSA) is 55.4 Å². The van der Waals surface area contributed by atoms with Gasteiger partial charge in [-0.3, -0.25) is 0 Å². The van der Waals surface area contributed by atoms with E-state index in [0.29, 0.717) is 11.3 Å². The van der Waals surface area contributed by atoms with Crippen LogP contribution >= 0.6 is 0 Å². The van der Waals surface area contributed by atoms with Gasteiger partial charge in [0.15, 0.2) is 0 Å². The number of ether oxygens (including phenoxy) is 1. The maximum atomic E-state index is 12.9. The molecule has 0 aromatic heterocycles. The molecule has 4 nitrogen and oxygen atoms in total. The lowest BCUT2D eigenvalue weighted by Crippen LogP contribution is -2.27. The number of hydrogen-bond acceptors (Lipinski definition) is 3. The highest BCUT2D eigenvalue weighted by molar-refractivity contribution is 7.89. The third kappa shape index (κ3) is 4.27. The van der Waals surface area contributed by atoms with Crippen molar-refractivity contribution in [1.82, 2.24) is 4.72 Å². The summed E-state index contributed by atoms with van der Waals surface area (Å²) >= 11 is 0. The first kappa shape index (κ1) is 20.5. The third-order valence-corrected chi connectivity index (χ3v) is 6.49. The number of rotatable bonds is 5. The Kier molecular flexibility index (Phi) is 5.83. The fourth-order valence-corrected chi connectivity index (χ4v) is 4.45. The summed E-state index contributed by atoms with van der Waals surface area (Å²) in [6, 6.07) is 11.1. The van der Waals surface area contributed by atoms with Gasteiger partial charge in [-0.2, -0.15) is 0 Å². The van der Waals surface area contributed by atoms with Crippen LogP contribution in [0.3, 0.4) is 0 Å². The summed E-state index contributed by atoms with van der Waals surface area (Å²) in [7, 11) is -2.05. The molecule has 0 fully saturated rings. The van der Waals surface area contributed by atoms with Crippen LogP contribution in [0.15, 0.2) is 41.3 Å². The van der Waals surface area contributed by atoms with Crippen molar-refractivity contribution >= 4 is 10.0 Å². The van der Waals surface area contributed by atoms with Crippen LogP contribution in [0.5, 0.6) is 5.75 Å². The summed E-state index contributed by atoms with van der Waals surface area (Å²) in [5.41, 5.74) is 3.76. The van der Waals surface area contributed by atoms with E-state index in [0.717, 1.165) is 11.1 Å². The van der Waals surface area contributed by atoms with Gasteiger partial charge in [-0.15, -0.1) is 0 Å². The van der Waals surface area contributed by atoms with E-state index in [9.17, 15) is 8.42 Å². The van der Waals surface area contributed by atoms with Gasteiger partial charge in [0.1, 0.15) is 5.75 Å². The van der Waals surface area contributed by atoms with Crippen LogP contribution in [0.2, 0.25) is 0 Å². The van der Waals surface area contributed by atoms with Crippen molar-refractivity contribution in [2.75, 3.05) is 7.11 Å². The van der Waals surface area contributed by atoms with E-state index in [1.165, 1.54) is 5.56 Å². The second-order valence-corrected chi connectivity index (χ2v) is 9.41. The minimum Gasteiger partial charge on any atom is -0.496 e. The summed E-state index contributed by atoms with van der Waals surface area (Å²) < 4.78 is 33.8. The molecule has 0 radical (unpaired) electrons. The molecule has 1 N–H and O–H groups in total. The number of sulfonamides is 1. The van der Waals surface area contributed by atoms with Crippen molar-refractivity contribution in [1.29, 1.82) is 0 Å². The molecule has 0 aliphatic carbocycles. The Morgan fingerprint density at radius 2 is 1.54 bits per heavy atom. The predicted octanol–water partition coefficient (Wildman–Crippen LogP) is 4.65. The first-order valence-corrected chi connectivity index (χ1v) is 10.2. The Bertz CT molecular complexity index is 879. The van der Waals surface area contributed by atoms with E-state index in [1.807, 2.05) is 26.0 Å². The lowest BCUT2D eigenvalue weighted by Gasteiger charge is -2.21. The smallest absolute Gasteiger partial charge is 0.241 e. The molecule has 0 bridgehead atoms. The Balaban J connectivity index is 2.28. The molecule has 0 saturated heterocycles. The molecule has 142 valence electrons. The van der Waals surface area contributed by atoms with Gasteiger partial charge in [-0.25, -0.2) is 13.1 Å². The zero-order valence-electron chi connectivity index (χ0n) is 16.7. The lowest BCUT2D eigenvalue weighted by molar-refractivity contribution is 0.410. The average Bonchev–Trinajstić information content (AvgIpc) is 2.56. The molecule has 5 heteroatoms. The zero-order valence-corrected chi connectivity index (χ0v) is 17.5. The largest absolute Gasteiger partial charge is 0.496 e. The van der Waals surface area contributed by atoms with Crippen LogP contribution in [0.4, 0.5) is 0 Å². The van der Waals surface area contributed by atoms with Crippen molar-refractivity contribution in [2.45, 2.75) is 57.9 Å². The number of hydrogen-bond donors (Lipinski definition) is 1. The highest BCUT2D eigenvalue weighted by Crippen LogP contribution is 2.28. The fraction of sp³-hybridized carbons (Fsp3) is 0.429. The molecule has 0 amide bonds. The van der Waals surface area contributed by atoms with E-state index < -0.39 is 10.0 Å². The van der Waals surface area contributed by atoms with Gasteiger partial charge >= 0.3 is 0 Å². The minimum absolute atomic E-state index is 0.0685. The second kappa shape index (κ2) is 7.41. The minimum atomic E-state index is -3.63. The maximum absolute atomic E-state index is 12.9. The Morgan fingerprint density at radius 1 is 0.962 bits per heavy atom. The van der Waals surface area contributed by atoms with Crippen LogP contribution < -0.4 is 9.46 Å². The first-order chi connectivity index (χ1) is 12.0. The molecule has 26 heavy (non-hydrogen) atoms. The number of nitrogens with one attached hydrogen (secondary N) is 1. The molecule has 1 atom stereocenters. The van der Waals surface area contributed by atoms with E-state index in [2.05, 4.69) is 37.6 Å². The molecular formula is C21H29NO3S. The van der Waals surface area contributed by atoms with Gasteiger partial charge in [0.05, 0.1) is 12.0 Å². The van der Waals surface area contributed by atoms with Crippen LogP contribution in [0.25, 0.3) is 0 Å². The van der Waals surface area contributed by atoms with E-state index in [1.54, 1.807) is 26.2 Å². The predicted molar refractivity (Wildman–Crippen MR) is 106 cm³/mol. The SMILES string of the molecule is COc1ccc(S(=O)(=O)N[C@@H](C)c2ccc(C(C)(C)C)cc2)c(C)c1C. The van der Waals surface area contributed by atoms with Crippen molar-refractivity contribution in [2.24, 2.45) is 0 Å². The summed E-state index contributed by atoms with van der Waals surface area (Å²) in [5.74, 6) is 0.687.